The molecule has 1 N–H and O–H groups in total. The van der Waals surface area contributed by atoms with Crippen molar-refractivity contribution >= 4 is 5.91 Å². The molecule has 0 radical (unpaired) electrons. The Morgan fingerprint density at radius 2 is 1.96 bits per heavy atom. The molecule has 0 bridgehead atoms. The van der Waals surface area contributed by atoms with Gasteiger partial charge in [-0.3, -0.25) is 4.79 Å². The van der Waals surface area contributed by atoms with Crippen LogP contribution in [0.3, 0.4) is 0 Å². The maximum absolute atomic E-state index is 12.9. The first-order valence-corrected chi connectivity index (χ1v) is 8.99. The first-order chi connectivity index (χ1) is 12.0. The normalized spacial score (nSPS) is 14.8. The smallest absolute Gasteiger partial charge is 0.230 e. The predicted octanol–water partition coefficient (Wildman–Crippen LogP) is 3.84. The van der Waals surface area contributed by atoms with E-state index in [0.29, 0.717) is 19.0 Å². The first-order valence-electron chi connectivity index (χ1n) is 8.99. The van der Waals surface area contributed by atoms with Crippen molar-refractivity contribution in [2.75, 3.05) is 6.61 Å². The van der Waals surface area contributed by atoms with Crippen molar-refractivity contribution in [2.24, 2.45) is 0 Å². The third-order valence-corrected chi connectivity index (χ3v) is 4.69. The number of nitrogens with one attached hydrogen (secondary N) is 1. The van der Waals surface area contributed by atoms with E-state index in [2.05, 4.69) is 49.3 Å². The summed E-state index contributed by atoms with van der Waals surface area (Å²) < 4.78 is 5.67. The maximum atomic E-state index is 12.9. The second-order valence-electron chi connectivity index (χ2n) is 6.96. The number of ether oxygens (including phenoxy) is 1. The number of pyridine rings is 1. The number of amides is 1. The van der Waals surface area contributed by atoms with Crippen LogP contribution in [0.2, 0.25) is 0 Å². The van der Waals surface area contributed by atoms with Gasteiger partial charge in [0, 0.05) is 18.3 Å². The van der Waals surface area contributed by atoms with Crippen molar-refractivity contribution in [3.05, 3.63) is 58.8 Å². The molecule has 132 valence electrons. The van der Waals surface area contributed by atoms with E-state index < -0.39 is 0 Å². The van der Waals surface area contributed by atoms with E-state index in [-0.39, 0.29) is 11.3 Å². The largest absolute Gasteiger partial charge is 0.477 e. The zero-order chi connectivity index (χ0) is 17.9. The highest BCUT2D eigenvalue weighted by Crippen LogP contribution is 2.48. The van der Waals surface area contributed by atoms with Crippen LogP contribution >= 0.6 is 0 Å². The van der Waals surface area contributed by atoms with Crippen LogP contribution in [-0.2, 0) is 16.8 Å². The second kappa shape index (κ2) is 7.26. The summed E-state index contributed by atoms with van der Waals surface area (Å²) in [6, 6.07) is 10.2. The molecule has 0 aliphatic heterocycles. The Morgan fingerprint density at radius 1 is 1.24 bits per heavy atom. The molecule has 1 aromatic heterocycles. The van der Waals surface area contributed by atoms with Crippen LogP contribution in [-0.4, -0.2) is 17.5 Å². The molecule has 4 heteroatoms. The number of carbonyl (C=O) groups excluding carboxylic acids is 1. The summed E-state index contributed by atoms with van der Waals surface area (Å²) >= 11 is 0. The third kappa shape index (κ3) is 3.84. The summed E-state index contributed by atoms with van der Waals surface area (Å²) in [5.41, 5.74) is 4.11. The summed E-state index contributed by atoms with van der Waals surface area (Å²) in [5.74, 6) is 0.712. The van der Waals surface area contributed by atoms with E-state index in [9.17, 15) is 4.79 Å². The molecule has 0 spiro atoms. The minimum Gasteiger partial charge on any atom is -0.477 e. The van der Waals surface area contributed by atoms with Gasteiger partial charge in [0.2, 0.25) is 11.8 Å². The minimum absolute atomic E-state index is 0.0998. The average molecular weight is 338 g/mol. The number of hydrogen-bond acceptors (Lipinski definition) is 3. The Balaban J connectivity index is 1.71. The lowest BCUT2D eigenvalue weighted by molar-refractivity contribution is -0.123. The summed E-state index contributed by atoms with van der Waals surface area (Å²) in [6.07, 6.45) is 4.47. The highest BCUT2D eigenvalue weighted by Gasteiger charge is 2.51. The van der Waals surface area contributed by atoms with Gasteiger partial charge in [-0.1, -0.05) is 42.3 Å². The van der Waals surface area contributed by atoms with Crippen molar-refractivity contribution in [3.8, 4) is 5.88 Å². The van der Waals surface area contributed by atoms with Crippen LogP contribution in [0.5, 0.6) is 5.88 Å². The predicted molar refractivity (Wildman–Crippen MR) is 98.7 cm³/mol. The second-order valence-corrected chi connectivity index (χ2v) is 6.96. The maximum Gasteiger partial charge on any atom is 0.230 e. The van der Waals surface area contributed by atoms with Crippen LogP contribution in [0.25, 0.3) is 0 Å². The van der Waals surface area contributed by atoms with Crippen LogP contribution in [0, 0.1) is 13.8 Å². The molecule has 4 nitrogen and oxygen atoms in total. The fourth-order valence-corrected chi connectivity index (χ4v) is 3.25. The zero-order valence-corrected chi connectivity index (χ0v) is 15.3. The molecule has 0 atom stereocenters. The van der Waals surface area contributed by atoms with Crippen LogP contribution in [0.1, 0.15) is 48.4 Å². The van der Waals surface area contributed by atoms with E-state index in [0.717, 1.165) is 30.4 Å². The van der Waals surface area contributed by atoms with Gasteiger partial charge in [-0.2, -0.15) is 0 Å². The Hall–Kier alpha value is -2.36. The zero-order valence-electron chi connectivity index (χ0n) is 15.3. The summed E-state index contributed by atoms with van der Waals surface area (Å²) in [4.78, 5) is 17.2. The van der Waals surface area contributed by atoms with Gasteiger partial charge in [0.05, 0.1) is 12.0 Å². The van der Waals surface area contributed by atoms with Crippen LogP contribution in [0.4, 0.5) is 0 Å². The molecule has 25 heavy (non-hydrogen) atoms. The summed E-state index contributed by atoms with van der Waals surface area (Å²) in [5, 5.41) is 3.10. The van der Waals surface area contributed by atoms with Crippen molar-refractivity contribution in [1.29, 1.82) is 0 Å². The molecule has 2 aromatic rings. The van der Waals surface area contributed by atoms with Gasteiger partial charge < -0.3 is 10.1 Å². The molecular weight excluding hydrogens is 312 g/mol. The number of hydrogen-bond donors (Lipinski definition) is 1. The Kier molecular flexibility index (Phi) is 5.07. The number of nitrogens with zero attached hydrogens (tertiary/aromatic N) is 1. The fraction of sp³-hybridized carbons (Fsp3) is 0.429. The standard InChI is InChI=1S/C21H26N2O2/c1-4-10-25-19-17(6-5-9-22-19)14-23-20(24)21(7-8-21)18-12-15(2)11-16(3)13-18/h5-6,9,11-13H,4,7-8,10,14H2,1-3H3,(H,23,24). The lowest BCUT2D eigenvalue weighted by Crippen LogP contribution is -2.34. The van der Waals surface area contributed by atoms with Crippen molar-refractivity contribution < 1.29 is 9.53 Å². The van der Waals surface area contributed by atoms with Gasteiger partial charge in [0.25, 0.3) is 0 Å². The number of benzene rings is 1. The van der Waals surface area contributed by atoms with Gasteiger partial charge in [-0.25, -0.2) is 4.98 Å². The van der Waals surface area contributed by atoms with Gasteiger partial charge in [0.15, 0.2) is 0 Å². The third-order valence-electron chi connectivity index (χ3n) is 4.69. The molecule has 1 saturated carbocycles. The molecule has 3 rings (SSSR count). The highest BCUT2D eigenvalue weighted by molar-refractivity contribution is 5.91. The van der Waals surface area contributed by atoms with E-state index in [1.807, 2.05) is 12.1 Å². The molecule has 1 aliphatic rings. The van der Waals surface area contributed by atoms with E-state index >= 15 is 0 Å². The summed E-state index contributed by atoms with van der Waals surface area (Å²) in [7, 11) is 0. The van der Waals surface area contributed by atoms with E-state index in [1.165, 1.54) is 11.1 Å². The monoisotopic (exact) mass is 338 g/mol. The molecular formula is C21H26N2O2. The number of rotatable bonds is 7. The van der Waals surface area contributed by atoms with Crippen molar-refractivity contribution in [1.82, 2.24) is 10.3 Å². The molecule has 0 saturated heterocycles. The fourth-order valence-electron chi connectivity index (χ4n) is 3.25. The number of aryl methyl sites for hydroxylation is 2. The number of carbonyl (C=O) groups is 1. The molecule has 1 aliphatic carbocycles. The SMILES string of the molecule is CCCOc1ncccc1CNC(=O)C1(c2cc(C)cc(C)c2)CC1. The lowest BCUT2D eigenvalue weighted by atomic mass is 9.92. The lowest BCUT2D eigenvalue weighted by Gasteiger charge is -2.18. The Morgan fingerprint density at radius 3 is 2.60 bits per heavy atom. The summed E-state index contributed by atoms with van der Waals surface area (Å²) in [6.45, 7) is 7.29. The van der Waals surface area contributed by atoms with Gasteiger partial charge >= 0.3 is 0 Å². The van der Waals surface area contributed by atoms with Gasteiger partial charge in [-0.05, 0) is 44.7 Å². The van der Waals surface area contributed by atoms with E-state index in [4.69, 9.17) is 4.74 Å². The average Bonchev–Trinajstić information content (AvgIpc) is 3.39. The Labute approximate surface area is 149 Å². The van der Waals surface area contributed by atoms with Crippen LogP contribution in [0.15, 0.2) is 36.5 Å². The molecule has 1 fully saturated rings. The van der Waals surface area contributed by atoms with Crippen LogP contribution < -0.4 is 10.1 Å². The number of aromatic nitrogens is 1. The highest BCUT2D eigenvalue weighted by atomic mass is 16.5. The molecule has 1 amide bonds. The van der Waals surface area contributed by atoms with Gasteiger partial charge in [0.1, 0.15) is 0 Å². The van der Waals surface area contributed by atoms with E-state index in [1.54, 1.807) is 6.20 Å². The molecule has 1 aromatic carbocycles. The van der Waals surface area contributed by atoms with Crippen molar-refractivity contribution in [2.45, 2.75) is 52.0 Å². The molecule has 0 unspecified atom stereocenters. The van der Waals surface area contributed by atoms with Gasteiger partial charge in [-0.15, -0.1) is 0 Å². The van der Waals surface area contributed by atoms with Crippen molar-refractivity contribution in [3.63, 3.8) is 0 Å². The Bertz CT molecular complexity index is 746. The first kappa shape index (κ1) is 17.5. The topological polar surface area (TPSA) is 51.2 Å². The quantitative estimate of drug-likeness (QED) is 0.834. The minimum atomic E-state index is -0.358. The molecule has 1 heterocycles.